The molecule has 0 spiro atoms. The van der Waals surface area contributed by atoms with Crippen molar-refractivity contribution in [2.24, 2.45) is 5.10 Å². The summed E-state index contributed by atoms with van der Waals surface area (Å²) < 4.78 is 0. The van der Waals surface area contributed by atoms with Gasteiger partial charge in [0.25, 0.3) is 5.91 Å². The first-order valence-electron chi connectivity index (χ1n) is 7.88. The number of hydrogen-bond acceptors (Lipinski definition) is 3. The SMILES string of the molecule is CN(C)c1cccc(C(=O)N/N=C2\CCCc3ccccc32)c1. The highest BCUT2D eigenvalue weighted by atomic mass is 16.2. The minimum absolute atomic E-state index is 0.177. The average molecular weight is 307 g/mol. The summed E-state index contributed by atoms with van der Waals surface area (Å²) in [6.45, 7) is 0. The Kier molecular flexibility index (Phi) is 4.42. The van der Waals surface area contributed by atoms with Gasteiger partial charge in [-0.2, -0.15) is 5.10 Å². The highest BCUT2D eigenvalue weighted by molar-refractivity contribution is 6.04. The van der Waals surface area contributed by atoms with Crippen molar-refractivity contribution in [3.63, 3.8) is 0 Å². The van der Waals surface area contributed by atoms with E-state index in [4.69, 9.17) is 0 Å². The van der Waals surface area contributed by atoms with Gasteiger partial charge in [-0.15, -0.1) is 0 Å². The van der Waals surface area contributed by atoms with Crippen LogP contribution in [0.15, 0.2) is 53.6 Å². The number of hydrogen-bond donors (Lipinski definition) is 1. The second-order valence-electron chi connectivity index (χ2n) is 5.95. The van der Waals surface area contributed by atoms with Crippen molar-refractivity contribution in [1.82, 2.24) is 5.43 Å². The summed E-state index contributed by atoms with van der Waals surface area (Å²) in [6, 6.07) is 15.8. The topological polar surface area (TPSA) is 44.7 Å². The standard InChI is InChI=1S/C19H21N3O/c1-22(2)16-10-5-9-15(13-16)19(23)21-20-18-12-6-8-14-7-3-4-11-17(14)18/h3-5,7,9-11,13H,6,8,12H2,1-2H3,(H,21,23)/b20-18+. The summed E-state index contributed by atoms with van der Waals surface area (Å²) in [5.74, 6) is -0.177. The Balaban J connectivity index is 1.78. The van der Waals surface area contributed by atoms with Crippen molar-refractivity contribution in [1.29, 1.82) is 0 Å². The molecule has 3 rings (SSSR count). The smallest absolute Gasteiger partial charge is 0.271 e. The Morgan fingerprint density at radius 1 is 1.09 bits per heavy atom. The number of nitrogens with one attached hydrogen (secondary N) is 1. The van der Waals surface area contributed by atoms with Gasteiger partial charge in [-0.25, -0.2) is 5.43 Å². The molecule has 23 heavy (non-hydrogen) atoms. The quantitative estimate of drug-likeness (QED) is 0.885. The molecule has 0 heterocycles. The third kappa shape index (κ3) is 3.42. The Labute approximate surface area is 136 Å². The van der Waals surface area contributed by atoms with Crippen LogP contribution in [0.2, 0.25) is 0 Å². The van der Waals surface area contributed by atoms with Crippen LogP contribution in [0.5, 0.6) is 0 Å². The van der Waals surface area contributed by atoms with E-state index in [0.717, 1.165) is 36.2 Å². The summed E-state index contributed by atoms with van der Waals surface area (Å²) >= 11 is 0. The van der Waals surface area contributed by atoms with Crippen LogP contribution in [-0.4, -0.2) is 25.7 Å². The number of anilines is 1. The van der Waals surface area contributed by atoms with Crippen LogP contribution in [0.25, 0.3) is 0 Å². The minimum atomic E-state index is -0.177. The summed E-state index contributed by atoms with van der Waals surface area (Å²) in [4.78, 5) is 14.3. The molecule has 2 aromatic carbocycles. The van der Waals surface area contributed by atoms with E-state index in [1.807, 2.05) is 49.3 Å². The number of nitrogens with zero attached hydrogens (tertiary/aromatic N) is 2. The van der Waals surface area contributed by atoms with Gasteiger partial charge in [-0.1, -0.05) is 30.3 Å². The van der Waals surface area contributed by atoms with Crippen molar-refractivity contribution >= 4 is 17.3 Å². The van der Waals surface area contributed by atoms with Gasteiger partial charge in [0.1, 0.15) is 0 Å². The van der Waals surface area contributed by atoms with Crippen LogP contribution in [0, 0.1) is 0 Å². The molecule has 1 aliphatic rings. The maximum Gasteiger partial charge on any atom is 0.271 e. The molecule has 1 N–H and O–H groups in total. The van der Waals surface area contributed by atoms with Gasteiger partial charge in [0.2, 0.25) is 0 Å². The summed E-state index contributed by atoms with van der Waals surface area (Å²) in [6.07, 6.45) is 3.05. The third-order valence-electron chi connectivity index (χ3n) is 4.11. The number of amides is 1. The lowest BCUT2D eigenvalue weighted by Crippen LogP contribution is -2.22. The van der Waals surface area contributed by atoms with E-state index in [1.165, 1.54) is 5.56 Å². The summed E-state index contributed by atoms with van der Waals surface area (Å²) in [5.41, 5.74) is 7.74. The van der Waals surface area contributed by atoms with Gasteiger partial charge in [0, 0.05) is 30.9 Å². The van der Waals surface area contributed by atoms with E-state index in [2.05, 4.69) is 22.7 Å². The molecular weight excluding hydrogens is 286 g/mol. The van der Waals surface area contributed by atoms with Gasteiger partial charge >= 0.3 is 0 Å². The molecule has 0 aromatic heterocycles. The van der Waals surface area contributed by atoms with Gasteiger partial charge in [0.15, 0.2) is 0 Å². The molecule has 1 amide bonds. The summed E-state index contributed by atoms with van der Waals surface area (Å²) in [7, 11) is 3.91. The van der Waals surface area contributed by atoms with Crippen molar-refractivity contribution < 1.29 is 4.79 Å². The van der Waals surface area contributed by atoms with Crippen LogP contribution in [0.1, 0.15) is 34.3 Å². The molecule has 0 bridgehead atoms. The van der Waals surface area contributed by atoms with Crippen LogP contribution < -0.4 is 10.3 Å². The van der Waals surface area contributed by atoms with Crippen molar-refractivity contribution in [2.45, 2.75) is 19.3 Å². The molecule has 0 saturated carbocycles. The van der Waals surface area contributed by atoms with E-state index < -0.39 is 0 Å². The predicted molar refractivity (Wildman–Crippen MR) is 94.2 cm³/mol. The zero-order chi connectivity index (χ0) is 16.2. The fourth-order valence-corrected chi connectivity index (χ4v) is 2.83. The lowest BCUT2D eigenvalue weighted by Gasteiger charge is -2.17. The maximum atomic E-state index is 12.3. The first-order chi connectivity index (χ1) is 11.1. The number of rotatable bonds is 3. The number of benzene rings is 2. The first kappa shape index (κ1) is 15.3. The highest BCUT2D eigenvalue weighted by Gasteiger charge is 2.15. The number of hydrazone groups is 1. The molecule has 0 saturated heterocycles. The molecule has 0 unspecified atom stereocenters. The fraction of sp³-hybridized carbons (Fsp3) is 0.263. The van der Waals surface area contributed by atoms with E-state index in [-0.39, 0.29) is 5.91 Å². The maximum absolute atomic E-state index is 12.3. The summed E-state index contributed by atoms with van der Waals surface area (Å²) in [5, 5.41) is 4.38. The van der Waals surface area contributed by atoms with Gasteiger partial charge in [-0.3, -0.25) is 4.79 Å². The van der Waals surface area contributed by atoms with E-state index >= 15 is 0 Å². The molecule has 4 heteroatoms. The third-order valence-corrected chi connectivity index (χ3v) is 4.11. The van der Waals surface area contributed by atoms with E-state index in [1.54, 1.807) is 6.07 Å². The van der Waals surface area contributed by atoms with Gasteiger partial charge in [0.05, 0.1) is 5.71 Å². The number of carbonyl (C=O) groups is 1. The Morgan fingerprint density at radius 2 is 1.91 bits per heavy atom. The predicted octanol–water partition coefficient (Wildman–Crippen LogP) is 3.22. The lowest BCUT2D eigenvalue weighted by molar-refractivity contribution is 0.0955. The van der Waals surface area contributed by atoms with Gasteiger partial charge < -0.3 is 4.90 Å². The first-order valence-corrected chi connectivity index (χ1v) is 7.88. The molecule has 118 valence electrons. The van der Waals surface area contributed by atoms with Crippen LogP contribution >= 0.6 is 0 Å². The molecule has 2 aromatic rings. The van der Waals surface area contributed by atoms with Gasteiger partial charge in [-0.05, 0) is 43.0 Å². The number of aryl methyl sites for hydroxylation is 1. The van der Waals surface area contributed by atoms with Crippen LogP contribution in [0.3, 0.4) is 0 Å². The molecular formula is C19H21N3O. The number of fused-ring (bicyclic) bond motifs is 1. The molecule has 1 aliphatic carbocycles. The Morgan fingerprint density at radius 3 is 2.74 bits per heavy atom. The van der Waals surface area contributed by atoms with Crippen molar-refractivity contribution in [3.8, 4) is 0 Å². The zero-order valence-corrected chi connectivity index (χ0v) is 13.5. The normalized spacial score (nSPS) is 15.1. The monoisotopic (exact) mass is 307 g/mol. The van der Waals surface area contributed by atoms with Crippen LogP contribution in [-0.2, 0) is 6.42 Å². The lowest BCUT2D eigenvalue weighted by atomic mass is 9.90. The molecule has 0 fully saturated rings. The minimum Gasteiger partial charge on any atom is -0.378 e. The molecule has 0 atom stereocenters. The second kappa shape index (κ2) is 6.65. The Bertz CT molecular complexity index is 750. The van der Waals surface area contributed by atoms with Crippen molar-refractivity contribution in [3.05, 3.63) is 65.2 Å². The zero-order valence-electron chi connectivity index (χ0n) is 13.5. The molecule has 0 radical (unpaired) electrons. The Hall–Kier alpha value is -2.62. The van der Waals surface area contributed by atoms with Crippen LogP contribution in [0.4, 0.5) is 5.69 Å². The largest absolute Gasteiger partial charge is 0.378 e. The van der Waals surface area contributed by atoms with Crippen molar-refractivity contribution in [2.75, 3.05) is 19.0 Å². The fourth-order valence-electron chi connectivity index (χ4n) is 2.83. The van der Waals surface area contributed by atoms with E-state index in [0.29, 0.717) is 5.56 Å². The highest BCUT2D eigenvalue weighted by Crippen LogP contribution is 2.21. The average Bonchev–Trinajstić information content (AvgIpc) is 2.59. The molecule has 0 aliphatic heterocycles. The number of carbonyl (C=O) groups excluding carboxylic acids is 1. The second-order valence-corrected chi connectivity index (χ2v) is 5.95. The molecule has 4 nitrogen and oxygen atoms in total. The van der Waals surface area contributed by atoms with E-state index in [9.17, 15) is 4.79 Å².